The van der Waals surface area contributed by atoms with Gasteiger partial charge in [0.2, 0.25) is 0 Å². The molecule has 4 rings (SSSR count). The number of ether oxygens (including phenoxy) is 1. The van der Waals surface area contributed by atoms with Crippen molar-refractivity contribution in [3.05, 3.63) is 72.2 Å². The van der Waals surface area contributed by atoms with Crippen molar-refractivity contribution in [3.8, 4) is 17.1 Å². The Hall–Kier alpha value is -2.86. The van der Waals surface area contributed by atoms with E-state index in [1.165, 1.54) is 0 Å². The molecule has 1 aliphatic rings. The van der Waals surface area contributed by atoms with E-state index in [0.717, 1.165) is 28.5 Å². The second kappa shape index (κ2) is 7.40. The summed E-state index contributed by atoms with van der Waals surface area (Å²) in [6.45, 7) is 2.63. The number of likely N-dealkylation sites (N-methyl/N-ethyl adjacent to an activating group) is 1. The SMILES string of the molecule is CCOc1ccc(-c2ccc(C3C(c4ccccn4)NC(=S)N3C)o2)cc1. The Kier molecular flexibility index (Phi) is 4.81. The monoisotopic (exact) mass is 379 g/mol. The number of rotatable bonds is 5. The zero-order valence-corrected chi connectivity index (χ0v) is 16.1. The third kappa shape index (κ3) is 3.40. The number of nitrogens with one attached hydrogen (secondary N) is 1. The lowest BCUT2D eigenvalue weighted by atomic mass is 10.0. The van der Waals surface area contributed by atoms with Crippen molar-refractivity contribution < 1.29 is 9.15 Å². The molecule has 0 amide bonds. The van der Waals surface area contributed by atoms with Crippen molar-refractivity contribution >= 4 is 17.3 Å². The molecule has 0 bridgehead atoms. The van der Waals surface area contributed by atoms with Crippen LogP contribution < -0.4 is 10.1 Å². The molecule has 3 aromatic rings. The molecule has 5 nitrogen and oxygen atoms in total. The molecule has 3 heterocycles. The predicted molar refractivity (Wildman–Crippen MR) is 109 cm³/mol. The summed E-state index contributed by atoms with van der Waals surface area (Å²) in [4.78, 5) is 6.52. The van der Waals surface area contributed by atoms with E-state index in [0.29, 0.717) is 11.7 Å². The predicted octanol–water partition coefficient (Wildman–Crippen LogP) is 4.34. The van der Waals surface area contributed by atoms with Crippen molar-refractivity contribution in [2.75, 3.05) is 13.7 Å². The fourth-order valence-electron chi connectivity index (χ4n) is 3.36. The van der Waals surface area contributed by atoms with Gasteiger partial charge in [-0.05, 0) is 67.7 Å². The van der Waals surface area contributed by atoms with E-state index in [9.17, 15) is 0 Å². The highest BCUT2D eigenvalue weighted by Crippen LogP contribution is 2.39. The van der Waals surface area contributed by atoms with Gasteiger partial charge in [-0.3, -0.25) is 4.98 Å². The minimum absolute atomic E-state index is 0.0520. The summed E-state index contributed by atoms with van der Waals surface area (Å²) >= 11 is 5.47. The van der Waals surface area contributed by atoms with E-state index in [1.54, 1.807) is 6.20 Å². The zero-order chi connectivity index (χ0) is 18.8. The summed E-state index contributed by atoms with van der Waals surface area (Å²) in [7, 11) is 1.97. The number of aromatic nitrogens is 1. The van der Waals surface area contributed by atoms with Crippen molar-refractivity contribution in [3.63, 3.8) is 0 Å². The van der Waals surface area contributed by atoms with Crippen LogP contribution in [0, 0.1) is 0 Å². The summed E-state index contributed by atoms with van der Waals surface area (Å²) in [6, 6.07) is 17.7. The van der Waals surface area contributed by atoms with Gasteiger partial charge in [0, 0.05) is 18.8 Å². The zero-order valence-electron chi connectivity index (χ0n) is 15.3. The molecule has 27 heavy (non-hydrogen) atoms. The van der Waals surface area contributed by atoms with Crippen molar-refractivity contribution in [1.82, 2.24) is 15.2 Å². The van der Waals surface area contributed by atoms with Crippen LogP contribution in [0.25, 0.3) is 11.3 Å². The molecule has 0 aliphatic carbocycles. The van der Waals surface area contributed by atoms with Crippen molar-refractivity contribution in [2.24, 2.45) is 0 Å². The first-order valence-electron chi connectivity index (χ1n) is 8.94. The number of hydrogen-bond donors (Lipinski definition) is 1. The van der Waals surface area contributed by atoms with Crippen LogP contribution in [0.1, 0.15) is 30.5 Å². The molecule has 2 atom stereocenters. The topological polar surface area (TPSA) is 50.5 Å². The Balaban J connectivity index is 1.63. The van der Waals surface area contributed by atoms with Gasteiger partial charge in [0.15, 0.2) is 5.11 Å². The number of furan rings is 1. The highest BCUT2D eigenvalue weighted by atomic mass is 32.1. The Morgan fingerprint density at radius 2 is 1.96 bits per heavy atom. The van der Waals surface area contributed by atoms with E-state index < -0.39 is 0 Å². The Labute approximate surface area is 164 Å². The minimum Gasteiger partial charge on any atom is -0.494 e. The summed E-state index contributed by atoms with van der Waals surface area (Å²) in [6.07, 6.45) is 1.79. The minimum atomic E-state index is -0.0527. The van der Waals surface area contributed by atoms with E-state index in [4.69, 9.17) is 21.4 Å². The Morgan fingerprint density at radius 3 is 2.67 bits per heavy atom. The molecular weight excluding hydrogens is 358 g/mol. The Bertz CT molecular complexity index is 924. The van der Waals surface area contributed by atoms with Crippen LogP contribution in [0.3, 0.4) is 0 Å². The van der Waals surface area contributed by atoms with Gasteiger partial charge >= 0.3 is 0 Å². The molecule has 2 aromatic heterocycles. The van der Waals surface area contributed by atoms with Crippen LogP contribution in [0.2, 0.25) is 0 Å². The highest BCUT2D eigenvalue weighted by Gasteiger charge is 2.39. The quantitative estimate of drug-likeness (QED) is 0.666. The fourth-order valence-corrected chi connectivity index (χ4v) is 3.60. The summed E-state index contributed by atoms with van der Waals surface area (Å²) < 4.78 is 11.7. The standard InChI is InChI=1S/C21H21N3O2S/c1-3-25-15-9-7-14(8-10-15)17-11-12-18(26-17)20-19(23-21(27)24(20)2)16-6-4-5-13-22-16/h4-13,19-20H,3H2,1-2H3,(H,23,27). The lowest BCUT2D eigenvalue weighted by Crippen LogP contribution is -2.24. The third-order valence-electron chi connectivity index (χ3n) is 4.71. The van der Waals surface area contributed by atoms with E-state index >= 15 is 0 Å². The van der Waals surface area contributed by atoms with Crippen LogP contribution in [0.4, 0.5) is 0 Å². The first-order chi connectivity index (χ1) is 13.2. The molecule has 1 aliphatic heterocycles. The molecule has 6 heteroatoms. The molecule has 0 saturated carbocycles. The summed E-state index contributed by atoms with van der Waals surface area (Å²) in [5.41, 5.74) is 1.95. The molecule has 138 valence electrons. The van der Waals surface area contributed by atoms with Crippen LogP contribution in [0.15, 0.2) is 65.2 Å². The van der Waals surface area contributed by atoms with E-state index in [1.807, 2.05) is 73.5 Å². The first-order valence-corrected chi connectivity index (χ1v) is 9.35. The molecule has 1 N–H and O–H groups in total. The number of nitrogens with zero attached hydrogens (tertiary/aromatic N) is 2. The average molecular weight is 379 g/mol. The highest BCUT2D eigenvalue weighted by molar-refractivity contribution is 7.80. The fraction of sp³-hybridized carbons (Fsp3) is 0.238. The lowest BCUT2D eigenvalue weighted by Gasteiger charge is -2.21. The van der Waals surface area contributed by atoms with Gasteiger partial charge in [-0.2, -0.15) is 0 Å². The second-order valence-electron chi connectivity index (χ2n) is 6.40. The van der Waals surface area contributed by atoms with Crippen LogP contribution in [0.5, 0.6) is 5.75 Å². The molecule has 0 radical (unpaired) electrons. The van der Waals surface area contributed by atoms with Crippen molar-refractivity contribution in [1.29, 1.82) is 0 Å². The van der Waals surface area contributed by atoms with Gasteiger partial charge in [-0.1, -0.05) is 6.07 Å². The molecule has 2 unspecified atom stereocenters. The maximum atomic E-state index is 6.21. The maximum Gasteiger partial charge on any atom is 0.170 e. The number of benzene rings is 1. The molecular formula is C21H21N3O2S. The summed E-state index contributed by atoms with van der Waals surface area (Å²) in [5.74, 6) is 2.52. The molecule has 0 spiro atoms. The van der Waals surface area contributed by atoms with Crippen LogP contribution >= 0.6 is 12.2 Å². The van der Waals surface area contributed by atoms with Gasteiger partial charge in [0.25, 0.3) is 0 Å². The number of thiocarbonyl (C=S) groups is 1. The molecule has 1 fully saturated rings. The first kappa shape index (κ1) is 17.5. The van der Waals surface area contributed by atoms with Gasteiger partial charge < -0.3 is 19.4 Å². The van der Waals surface area contributed by atoms with Gasteiger partial charge in [0.1, 0.15) is 23.3 Å². The number of hydrogen-bond acceptors (Lipinski definition) is 4. The summed E-state index contributed by atoms with van der Waals surface area (Å²) in [5, 5.41) is 4.05. The lowest BCUT2D eigenvalue weighted by molar-refractivity contribution is 0.310. The smallest absolute Gasteiger partial charge is 0.170 e. The van der Waals surface area contributed by atoms with Crippen LogP contribution in [-0.2, 0) is 0 Å². The normalized spacial score (nSPS) is 19.2. The maximum absolute atomic E-state index is 6.21. The van der Waals surface area contributed by atoms with Gasteiger partial charge in [-0.25, -0.2) is 0 Å². The average Bonchev–Trinajstić information content (AvgIpc) is 3.29. The Morgan fingerprint density at radius 1 is 1.15 bits per heavy atom. The second-order valence-corrected chi connectivity index (χ2v) is 6.78. The van der Waals surface area contributed by atoms with Crippen molar-refractivity contribution in [2.45, 2.75) is 19.0 Å². The largest absolute Gasteiger partial charge is 0.494 e. The van der Waals surface area contributed by atoms with Crippen LogP contribution in [-0.4, -0.2) is 28.7 Å². The molecule has 1 aromatic carbocycles. The third-order valence-corrected chi connectivity index (χ3v) is 5.11. The van der Waals surface area contributed by atoms with E-state index in [2.05, 4.69) is 10.3 Å². The van der Waals surface area contributed by atoms with E-state index in [-0.39, 0.29) is 12.1 Å². The number of pyridine rings is 1. The van der Waals surface area contributed by atoms with Gasteiger partial charge in [0.05, 0.1) is 18.3 Å². The van der Waals surface area contributed by atoms with Gasteiger partial charge in [-0.15, -0.1) is 0 Å². The molecule has 1 saturated heterocycles.